The van der Waals surface area contributed by atoms with Crippen molar-refractivity contribution < 1.29 is 14.3 Å². The van der Waals surface area contributed by atoms with E-state index < -0.39 is 0 Å². The molecule has 0 spiro atoms. The zero-order valence-electron chi connectivity index (χ0n) is 12.5. The maximum absolute atomic E-state index is 12.0. The van der Waals surface area contributed by atoms with E-state index in [4.69, 9.17) is 26.3 Å². The second-order valence-corrected chi connectivity index (χ2v) is 4.93. The first-order valence-corrected chi connectivity index (χ1v) is 7.36. The van der Waals surface area contributed by atoms with E-state index in [1.807, 2.05) is 19.1 Å². The summed E-state index contributed by atoms with van der Waals surface area (Å²) in [4.78, 5) is 12.0. The maximum atomic E-state index is 12.0. The molecule has 0 fully saturated rings. The predicted molar refractivity (Wildman–Crippen MR) is 87.9 cm³/mol. The average Bonchev–Trinajstić information content (AvgIpc) is 2.55. The summed E-state index contributed by atoms with van der Waals surface area (Å²) in [5.74, 6) is 0.608. The van der Waals surface area contributed by atoms with Gasteiger partial charge in [-0.05, 0) is 37.3 Å². The molecule has 0 bridgehead atoms. The molecule has 0 aliphatic rings. The maximum Gasteiger partial charge on any atom is 0.262 e. The quantitative estimate of drug-likeness (QED) is 0.878. The van der Waals surface area contributed by atoms with E-state index in [0.717, 1.165) is 0 Å². The lowest BCUT2D eigenvalue weighted by atomic mass is 10.2. The van der Waals surface area contributed by atoms with Crippen molar-refractivity contribution in [2.24, 2.45) is 0 Å². The Morgan fingerprint density at radius 2 is 2.00 bits per heavy atom. The Hall–Kier alpha value is -2.71. The van der Waals surface area contributed by atoms with Crippen molar-refractivity contribution in [3.05, 3.63) is 53.1 Å². The third-order valence-corrected chi connectivity index (χ3v) is 3.18. The Balaban J connectivity index is 1.97. The van der Waals surface area contributed by atoms with Crippen molar-refractivity contribution in [1.82, 2.24) is 0 Å². The molecule has 0 aliphatic heterocycles. The topological polar surface area (TPSA) is 71.3 Å². The van der Waals surface area contributed by atoms with Gasteiger partial charge in [-0.2, -0.15) is 5.26 Å². The van der Waals surface area contributed by atoms with Crippen molar-refractivity contribution in [3.8, 4) is 17.6 Å². The second kappa shape index (κ2) is 8.06. The van der Waals surface area contributed by atoms with Crippen LogP contribution in [0.3, 0.4) is 0 Å². The van der Waals surface area contributed by atoms with E-state index >= 15 is 0 Å². The van der Waals surface area contributed by atoms with E-state index in [1.54, 1.807) is 30.3 Å². The Kier molecular flexibility index (Phi) is 5.84. The Labute approximate surface area is 139 Å². The van der Waals surface area contributed by atoms with Gasteiger partial charge in [0.15, 0.2) is 6.61 Å². The van der Waals surface area contributed by atoms with Crippen LogP contribution in [0.4, 0.5) is 5.69 Å². The van der Waals surface area contributed by atoms with Crippen LogP contribution in [0.5, 0.6) is 11.5 Å². The summed E-state index contributed by atoms with van der Waals surface area (Å²) in [5, 5.41) is 11.8. The Bertz CT molecular complexity index is 741. The molecule has 2 aromatic rings. The number of anilines is 1. The van der Waals surface area contributed by atoms with E-state index in [9.17, 15) is 4.79 Å². The highest BCUT2D eigenvalue weighted by Gasteiger charge is 2.09. The van der Waals surface area contributed by atoms with E-state index in [2.05, 4.69) is 5.32 Å². The number of nitrogens with zero attached hydrogens (tertiary/aromatic N) is 1. The summed E-state index contributed by atoms with van der Waals surface area (Å²) in [7, 11) is 0. The number of amides is 1. The number of nitrogens with one attached hydrogen (secondary N) is 1. The van der Waals surface area contributed by atoms with Crippen LogP contribution in [-0.4, -0.2) is 19.1 Å². The number of hydrogen-bond donors (Lipinski definition) is 1. The molecule has 0 saturated heterocycles. The minimum atomic E-state index is -0.336. The number of carbonyl (C=O) groups excluding carboxylic acids is 1. The molecule has 118 valence electrons. The third kappa shape index (κ3) is 4.63. The molecule has 0 atom stereocenters. The van der Waals surface area contributed by atoms with Crippen LogP contribution in [0.2, 0.25) is 5.02 Å². The van der Waals surface area contributed by atoms with Gasteiger partial charge in [0.1, 0.15) is 11.5 Å². The van der Waals surface area contributed by atoms with Gasteiger partial charge in [-0.1, -0.05) is 23.7 Å². The SMILES string of the molecule is CCOc1ccccc1NC(=O)COc1ccc(C#N)cc1Cl. The zero-order chi connectivity index (χ0) is 16.7. The van der Waals surface area contributed by atoms with Gasteiger partial charge in [-0.25, -0.2) is 0 Å². The van der Waals surface area contributed by atoms with Crippen LogP contribution in [0.15, 0.2) is 42.5 Å². The Morgan fingerprint density at radius 1 is 1.22 bits per heavy atom. The highest BCUT2D eigenvalue weighted by molar-refractivity contribution is 6.32. The zero-order valence-corrected chi connectivity index (χ0v) is 13.3. The molecule has 5 nitrogen and oxygen atoms in total. The van der Waals surface area contributed by atoms with Crippen molar-refractivity contribution >= 4 is 23.2 Å². The number of ether oxygens (including phenoxy) is 2. The van der Waals surface area contributed by atoms with Gasteiger partial charge in [0.2, 0.25) is 0 Å². The smallest absolute Gasteiger partial charge is 0.262 e. The molecular formula is C17H15ClN2O3. The number of hydrogen-bond acceptors (Lipinski definition) is 4. The number of halogens is 1. The summed E-state index contributed by atoms with van der Waals surface area (Å²) < 4.78 is 10.8. The summed E-state index contributed by atoms with van der Waals surface area (Å²) in [6.45, 7) is 2.17. The first-order valence-electron chi connectivity index (χ1n) is 6.98. The molecule has 0 aliphatic carbocycles. The lowest BCUT2D eigenvalue weighted by molar-refractivity contribution is -0.118. The number of nitriles is 1. The molecule has 2 aromatic carbocycles. The monoisotopic (exact) mass is 330 g/mol. The molecule has 0 heterocycles. The summed E-state index contributed by atoms with van der Waals surface area (Å²) in [6, 6.07) is 13.7. The molecule has 0 radical (unpaired) electrons. The summed E-state index contributed by atoms with van der Waals surface area (Å²) >= 11 is 5.99. The lowest BCUT2D eigenvalue weighted by Gasteiger charge is -2.12. The third-order valence-electron chi connectivity index (χ3n) is 2.88. The molecule has 6 heteroatoms. The number of benzene rings is 2. The largest absolute Gasteiger partial charge is 0.492 e. The fourth-order valence-electron chi connectivity index (χ4n) is 1.87. The van der Waals surface area contributed by atoms with E-state index in [0.29, 0.717) is 29.4 Å². The number of carbonyl (C=O) groups is 1. The molecule has 23 heavy (non-hydrogen) atoms. The first kappa shape index (κ1) is 16.7. The fourth-order valence-corrected chi connectivity index (χ4v) is 2.10. The normalized spacial score (nSPS) is 9.78. The van der Waals surface area contributed by atoms with Crippen LogP contribution in [-0.2, 0) is 4.79 Å². The van der Waals surface area contributed by atoms with Gasteiger partial charge in [0.05, 0.1) is 28.9 Å². The van der Waals surface area contributed by atoms with Crippen LogP contribution < -0.4 is 14.8 Å². The molecule has 1 N–H and O–H groups in total. The van der Waals surface area contributed by atoms with Crippen molar-refractivity contribution in [2.75, 3.05) is 18.5 Å². The summed E-state index contributed by atoms with van der Waals surface area (Å²) in [5.41, 5.74) is 1.01. The van der Waals surface area contributed by atoms with Gasteiger partial charge < -0.3 is 14.8 Å². The molecule has 2 rings (SSSR count). The van der Waals surface area contributed by atoms with Gasteiger partial charge in [-0.3, -0.25) is 4.79 Å². The highest BCUT2D eigenvalue weighted by atomic mass is 35.5. The van der Waals surface area contributed by atoms with Gasteiger partial charge in [-0.15, -0.1) is 0 Å². The van der Waals surface area contributed by atoms with Gasteiger partial charge in [0, 0.05) is 0 Å². The van der Waals surface area contributed by atoms with Crippen LogP contribution in [0.1, 0.15) is 12.5 Å². The standard InChI is InChI=1S/C17H15ClN2O3/c1-2-22-16-6-4-3-5-14(16)20-17(21)11-23-15-8-7-12(10-19)9-13(15)18/h3-9H,2,11H2,1H3,(H,20,21). The second-order valence-electron chi connectivity index (χ2n) is 4.52. The highest BCUT2D eigenvalue weighted by Crippen LogP contribution is 2.26. The van der Waals surface area contributed by atoms with Crippen LogP contribution >= 0.6 is 11.6 Å². The summed E-state index contributed by atoms with van der Waals surface area (Å²) in [6.07, 6.45) is 0. The molecule has 0 aromatic heterocycles. The number of rotatable bonds is 6. The minimum Gasteiger partial charge on any atom is -0.492 e. The van der Waals surface area contributed by atoms with Crippen molar-refractivity contribution in [2.45, 2.75) is 6.92 Å². The van der Waals surface area contributed by atoms with Crippen LogP contribution in [0.25, 0.3) is 0 Å². The van der Waals surface area contributed by atoms with E-state index in [-0.39, 0.29) is 17.5 Å². The van der Waals surface area contributed by atoms with Crippen LogP contribution in [0, 0.1) is 11.3 Å². The average molecular weight is 331 g/mol. The number of para-hydroxylation sites is 2. The molecular weight excluding hydrogens is 316 g/mol. The minimum absolute atomic E-state index is 0.202. The molecule has 0 unspecified atom stereocenters. The molecule has 1 amide bonds. The lowest BCUT2D eigenvalue weighted by Crippen LogP contribution is -2.20. The fraction of sp³-hybridized carbons (Fsp3) is 0.176. The first-order chi connectivity index (χ1) is 11.1. The predicted octanol–water partition coefficient (Wildman–Crippen LogP) is 3.63. The van der Waals surface area contributed by atoms with Crippen molar-refractivity contribution in [1.29, 1.82) is 5.26 Å². The Morgan fingerprint density at radius 3 is 2.70 bits per heavy atom. The molecule has 0 saturated carbocycles. The van der Waals surface area contributed by atoms with Crippen molar-refractivity contribution in [3.63, 3.8) is 0 Å². The van der Waals surface area contributed by atoms with Gasteiger partial charge in [0.25, 0.3) is 5.91 Å². The van der Waals surface area contributed by atoms with E-state index in [1.165, 1.54) is 6.07 Å². The van der Waals surface area contributed by atoms with Gasteiger partial charge >= 0.3 is 0 Å².